The molecular weight excluding hydrogens is 227 g/mol. The fourth-order valence-electron chi connectivity index (χ4n) is 1.32. The van der Waals surface area contributed by atoms with Gasteiger partial charge in [0.1, 0.15) is 5.82 Å². The molecule has 0 heterocycles. The minimum atomic E-state index is -0.346. The average molecular weight is 237 g/mol. The lowest BCUT2D eigenvalue weighted by molar-refractivity contribution is 0.632. The van der Waals surface area contributed by atoms with E-state index in [1.807, 2.05) is 0 Å². The normalized spacial score (nSPS) is 10.1. The Morgan fingerprint density at radius 1 is 1.06 bits per heavy atom. The lowest BCUT2D eigenvalue weighted by Gasteiger charge is -2.08. The van der Waals surface area contributed by atoms with Crippen molar-refractivity contribution in [1.82, 2.24) is 0 Å². The first-order valence-electron chi connectivity index (χ1n) is 4.73. The zero-order chi connectivity index (χ0) is 11.5. The maximum Gasteiger partial charge on any atom is 0.146 e. The fourth-order valence-corrected chi connectivity index (χ4v) is 1.49. The minimum Gasteiger partial charge on any atom is -0.399 e. The second-order valence-electron chi connectivity index (χ2n) is 3.37. The molecule has 0 aliphatic heterocycles. The van der Waals surface area contributed by atoms with Gasteiger partial charge in [-0.3, -0.25) is 0 Å². The first kappa shape index (κ1) is 10.8. The van der Waals surface area contributed by atoms with E-state index >= 15 is 0 Å². The van der Waals surface area contributed by atoms with Crippen molar-refractivity contribution >= 4 is 28.7 Å². The SMILES string of the molecule is Nc1ccc(Nc2cc(Cl)ccc2F)cc1. The van der Waals surface area contributed by atoms with Gasteiger partial charge in [-0.15, -0.1) is 0 Å². The van der Waals surface area contributed by atoms with Gasteiger partial charge in [0.2, 0.25) is 0 Å². The van der Waals surface area contributed by atoms with Gasteiger partial charge in [-0.25, -0.2) is 4.39 Å². The molecule has 3 N–H and O–H groups in total. The first-order chi connectivity index (χ1) is 7.65. The van der Waals surface area contributed by atoms with Crippen LogP contribution in [0.1, 0.15) is 0 Å². The summed E-state index contributed by atoms with van der Waals surface area (Å²) in [5, 5.41) is 3.41. The predicted molar refractivity (Wildman–Crippen MR) is 65.5 cm³/mol. The molecule has 0 fully saturated rings. The van der Waals surface area contributed by atoms with Crippen LogP contribution in [0.2, 0.25) is 5.02 Å². The third-order valence-electron chi connectivity index (χ3n) is 2.12. The average Bonchev–Trinajstić information content (AvgIpc) is 2.27. The van der Waals surface area contributed by atoms with Gasteiger partial charge in [0.15, 0.2) is 0 Å². The Morgan fingerprint density at radius 2 is 1.75 bits per heavy atom. The molecule has 16 heavy (non-hydrogen) atoms. The quantitative estimate of drug-likeness (QED) is 0.779. The van der Waals surface area contributed by atoms with Gasteiger partial charge in [0, 0.05) is 16.4 Å². The van der Waals surface area contributed by atoms with Crippen LogP contribution >= 0.6 is 11.6 Å². The molecule has 2 aromatic carbocycles. The summed E-state index contributed by atoms with van der Waals surface area (Å²) in [4.78, 5) is 0. The van der Waals surface area contributed by atoms with Crippen LogP contribution < -0.4 is 11.1 Å². The highest BCUT2D eigenvalue weighted by molar-refractivity contribution is 6.30. The first-order valence-corrected chi connectivity index (χ1v) is 5.10. The molecule has 0 saturated heterocycles. The van der Waals surface area contributed by atoms with E-state index in [-0.39, 0.29) is 5.82 Å². The van der Waals surface area contributed by atoms with Crippen LogP contribution in [0, 0.1) is 5.82 Å². The molecular formula is C12H10ClFN2. The standard InChI is InChI=1S/C12H10ClFN2/c13-8-1-6-11(14)12(7-8)16-10-4-2-9(15)3-5-10/h1-7,16H,15H2. The van der Waals surface area contributed by atoms with Crippen LogP contribution in [0.15, 0.2) is 42.5 Å². The second kappa shape index (κ2) is 4.41. The molecule has 82 valence electrons. The summed E-state index contributed by atoms with van der Waals surface area (Å²) in [7, 11) is 0. The predicted octanol–water partition coefficient (Wildman–Crippen LogP) is 3.80. The van der Waals surface area contributed by atoms with Crippen molar-refractivity contribution in [2.75, 3.05) is 11.1 Å². The number of nitrogen functional groups attached to an aromatic ring is 1. The van der Waals surface area contributed by atoms with E-state index in [0.29, 0.717) is 16.4 Å². The maximum atomic E-state index is 13.4. The summed E-state index contributed by atoms with van der Waals surface area (Å²) in [6, 6.07) is 11.4. The summed E-state index contributed by atoms with van der Waals surface area (Å²) >= 11 is 5.78. The molecule has 2 rings (SSSR count). The number of halogens is 2. The van der Waals surface area contributed by atoms with Gasteiger partial charge in [-0.2, -0.15) is 0 Å². The minimum absolute atomic E-state index is 0.345. The summed E-state index contributed by atoms with van der Waals surface area (Å²) in [6.07, 6.45) is 0. The molecule has 0 bridgehead atoms. The molecule has 0 saturated carbocycles. The molecule has 0 spiro atoms. The summed E-state index contributed by atoms with van der Waals surface area (Å²) in [6.45, 7) is 0. The number of benzene rings is 2. The lowest BCUT2D eigenvalue weighted by Crippen LogP contribution is -1.94. The topological polar surface area (TPSA) is 38.0 Å². The summed E-state index contributed by atoms with van der Waals surface area (Å²) < 4.78 is 13.4. The number of nitrogens with two attached hydrogens (primary N) is 1. The van der Waals surface area contributed by atoms with Crippen molar-refractivity contribution in [1.29, 1.82) is 0 Å². The van der Waals surface area contributed by atoms with Gasteiger partial charge in [-0.05, 0) is 42.5 Å². The van der Waals surface area contributed by atoms with E-state index in [0.717, 1.165) is 5.69 Å². The van der Waals surface area contributed by atoms with E-state index in [2.05, 4.69) is 5.32 Å². The van der Waals surface area contributed by atoms with Gasteiger partial charge in [-0.1, -0.05) is 11.6 Å². The van der Waals surface area contributed by atoms with E-state index in [1.165, 1.54) is 18.2 Å². The Balaban J connectivity index is 2.26. The van der Waals surface area contributed by atoms with Gasteiger partial charge >= 0.3 is 0 Å². The monoisotopic (exact) mass is 236 g/mol. The van der Waals surface area contributed by atoms with Crippen LogP contribution in [-0.4, -0.2) is 0 Å². The van der Waals surface area contributed by atoms with Crippen LogP contribution in [0.25, 0.3) is 0 Å². The van der Waals surface area contributed by atoms with Crippen molar-refractivity contribution in [3.8, 4) is 0 Å². The summed E-state index contributed by atoms with van der Waals surface area (Å²) in [5.74, 6) is -0.346. The van der Waals surface area contributed by atoms with Crippen molar-refractivity contribution in [3.63, 3.8) is 0 Å². The van der Waals surface area contributed by atoms with Crippen LogP contribution in [0.5, 0.6) is 0 Å². The Labute approximate surface area is 97.8 Å². The Kier molecular flexibility index (Phi) is 2.97. The zero-order valence-electron chi connectivity index (χ0n) is 8.37. The molecule has 0 aliphatic rings. The van der Waals surface area contributed by atoms with E-state index in [4.69, 9.17) is 17.3 Å². The smallest absolute Gasteiger partial charge is 0.146 e. The Hall–Kier alpha value is -1.74. The van der Waals surface area contributed by atoms with E-state index in [9.17, 15) is 4.39 Å². The third-order valence-corrected chi connectivity index (χ3v) is 2.35. The number of hydrogen-bond donors (Lipinski definition) is 2. The number of anilines is 3. The van der Waals surface area contributed by atoms with E-state index < -0.39 is 0 Å². The highest BCUT2D eigenvalue weighted by Crippen LogP contribution is 2.23. The molecule has 4 heteroatoms. The van der Waals surface area contributed by atoms with Gasteiger partial charge in [0.05, 0.1) is 5.69 Å². The molecule has 0 aromatic heterocycles. The number of hydrogen-bond acceptors (Lipinski definition) is 2. The van der Waals surface area contributed by atoms with Crippen LogP contribution in [0.3, 0.4) is 0 Å². The molecule has 2 aromatic rings. The van der Waals surface area contributed by atoms with Crippen molar-refractivity contribution < 1.29 is 4.39 Å². The molecule has 0 atom stereocenters. The maximum absolute atomic E-state index is 13.4. The number of nitrogens with one attached hydrogen (secondary N) is 1. The summed E-state index contributed by atoms with van der Waals surface area (Å²) in [5.41, 5.74) is 7.32. The van der Waals surface area contributed by atoms with Crippen LogP contribution in [0.4, 0.5) is 21.5 Å². The zero-order valence-corrected chi connectivity index (χ0v) is 9.13. The van der Waals surface area contributed by atoms with Gasteiger partial charge < -0.3 is 11.1 Å². The molecule has 0 aliphatic carbocycles. The Bertz CT molecular complexity index is 497. The van der Waals surface area contributed by atoms with Crippen molar-refractivity contribution in [2.24, 2.45) is 0 Å². The number of rotatable bonds is 2. The third kappa shape index (κ3) is 2.44. The highest BCUT2D eigenvalue weighted by Gasteiger charge is 2.02. The molecule has 2 nitrogen and oxygen atoms in total. The molecule has 0 amide bonds. The largest absolute Gasteiger partial charge is 0.399 e. The second-order valence-corrected chi connectivity index (χ2v) is 3.81. The van der Waals surface area contributed by atoms with Crippen molar-refractivity contribution in [3.05, 3.63) is 53.3 Å². The van der Waals surface area contributed by atoms with E-state index in [1.54, 1.807) is 24.3 Å². The molecule has 0 unspecified atom stereocenters. The van der Waals surface area contributed by atoms with Crippen molar-refractivity contribution in [2.45, 2.75) is 0 Å². The fraction of sp³-hybridized carbons (Fsp3) is 0. The Morgan fingerprint density at radius 3 is 2.44 bits per heavy atom. The van der Waals surface area contributed by atoms with Crippen LogP contribution in [-0.2, 0) is 0 Å². The highest BCUT2D eigenvalue weighted by atomic mass is 35.5. The molecule has 0 radical (unpaired) electrons. The van der Waals surface area contributed by atoms with Gasteiger partial charge in [0.25, 0.3) is 0 Å². The lowest BCUT2D eigenvalue weighted by atomic mass is 10.2.